The van der Waals surface area contributed by atoms with Crippen LogP contribution in [-0.2, 0) is 4.79 Å². The Morgan fingerprint density at radius 3 is 2.66 bits per heavy atom. The second kappa shape index (κ2) is 11.3. The number of rotatable bonds is 8. The number of nitrogens with one attached hydrogen (secondary N) is 1. The number of carbonyl (C=O) groups is 1. The average molecular weight is 485 g/mol. The van der Waals surface area contributed by atoms with Gasteiger partial charge in [-0.2, -0.15) is 5.10 Å². The van der Waals surface area contributed by atoms with Crippen molar-refractivity contribution in [2.75, 3.05) is 12.9 Å². The minimum atomic E-state index is -0.310. The van der Waals surface area contributed by atoms with Crippen LogP contribution in [0.5, 0.6) is 5.75 Å². The predicted molar refractivity (Wildman–Crippen MR) is 141 cm³/mol. The molecular formula is C27H24N4O3S. The first-order valence-corrected chi connectivity index (χ1v) is 11.9. The number of benzene rings is 3. The van der Waals surface area contributed by atoms with Crippen molar-refractivity contribution in [1.82, 2.24) is 15.0 Å². The molecule has 0 radical (unpaired) electrons. The monoisotopic (exact) mass is 484 g/mol. The Kier molecular flexibility index (Phi) is 7.74. The van der Waals surface area contributed by atoms with Crippen LogP contribution >= 0.6 is 11.8 Å². The van der Waals surface area contributed by atoms with Crippen molar-refractivity contribution in [2.45, 2.75) is 12.1 Å². The molecule has 0 aliphatic rings. The summed E-state index contributed by atoms with van der Waals surface area (Å²) in [7, 11) is 1.61. The maximum Gasteiger partial charge on any atom is 0.266 e. The van der Waals surface area contributed by atoms with Crippen molar-refractivity contribution >= 4 is 40.9 Å². The number of nitrogens with zero attached hydrogens (tertiary/aromatic N) is 3. The van der Waals surface area contributed by atoms with Crippen molar-refractivity contribution in [1.29, 1.82) is 0 Å². The number of aromatic nitrogens is 2. The van der Waals surface area contributed by atoms with Gasteiger partial charge in [-0.05, 0) is 48.9 Å². The summed E-state index contributed by atoms with van der Waals surface area (Å²) in [4.78, 5) is 30.4. The highest BCUT2D eigenvalue weighted by Gasteiger charge is 2.15. The molecule has 7 nitrogen and oxygen atoms in total. The molecule has 0 saturated carbocycles. The molecule has 0 spiro atoms. The first-order valence-electron chi connectivity index (χ1n) is 10.9. The van der Waals surface area contributed by atoms with Gasteiger partial charge in [-0.1, -0.05) is 60.3 Å². The molecule has 1 amide bonds. The Hall–Kier alpha value is -4.17. The quantitative estimate of drug-likeness (QED) is 0.171. The van der Waals surface area contributed by atoms with Crippen LogP contribution in [0, 0.1) is 6.92 Å². The van der Waals surface area contributed by atoms with E-state index in [2.05, 4.69) is 15.5 Å². The molecule has 4 aromatic rings. The molecule has 0 unspecified atom stereocenters. The zero-order valence-electron chi connectivity index (χ0n) is 19.3. The van der Waals surface area contributed by atoms with E-state index < -0.39 is 0 Å². The molecular weight excluding hydrogens is 460 g/mol. The summed E-state index contributed by atoms with van der Waals surface area (Å²) in [5, 5.41) is 4.93. The highest BCUT2D eigenvalue weighted by Crippen LogP contribution is 2.23. The first kappa shape index (κ1) is 24.0. The number of thioether (sulfide) groups is 1. The fourth-order valence-electron chi connectivity index (χ4n) is 3.50. The molecule has 1 heterocycles. The molecule has 0 fully saturated rings. The number of allylic oxidation sites excluding steroid dienone is 1. The molecule has 0 saturated heterocycles. The van der Waals surface area contributed by atoms with E-state index in [9.17, 15) is 9.59 Å². The Balaban J connectivity index is 1.49. The van der Waals surface area contributed by atoms with Gasteiger partial charge in [0.2, 0.25) is 0 Å². The van der Waals surface area contributed by atoms with Crippen LogP contribution in [0.3, 0.4) is 0 Å². The van der Waals surface area contributed by atoms with Crippen LogP contribution in [0.2, 0.25) is 0 Å². The van der Waals surface area contributed by atoms with Gasteiger partial charge in [0.1, 0.15) is 5.75 Å². The summed E-state index contributed by atoms with van der Waals surface area (Å²) >= 11 is 1.18. The number of carbonyl (C=O) groups excluding carboxylic acids is 1. The third-order valence-corrected chi connectivity index (χ3v) is 6.14. The van der Waals surface area contributed by atoms with E-state index in [1.54, 1.807) is 29.9 Å². The van der Waals surface area contributed by atoms with E-state index in [0.29, 0.717) is 16.1 Å². The van der Waals surface area contributed by atoms with E-state index in [1.165, 1.54) is 18.0 Å². The first-order chi connectivity index (χ1) is 17.1. The summed E-state index contributed by atoms with van der Waals surface area (Å²) in [6.45, 7) is 1.94. The Morgan fingerprint density at radius 2 is 1.83 bits per heavy atom. The number of fused-ring (bicyclic) bond motifs is 1. The van der Waals surface area contributed by atoms with Crippen molar-refractivity contribution < 1.29 is 9.53 Å². The third kappa shape index (κ3) is 5.67. The van der Waals surface area contributed by atoms with Crippen molar-refractivity contribution in [3.63, 3.8) is 0 Å². The molecule has 3 aromatic carbocycles. The van der Waals surface area contributed by atoms with Crippen molar-refractivity contribution in [3.05, 3.63) is 100 Å². The van der Waals surface area contributed by atoms with Crippen LogP contribution in [0.15, 0.2) is 93.9 Å². The van der Waals surface area contributed by atoms with E-state index in [0.717, 1.165) is 22.6 Å². The normalized spacial score (nSPS) is 11.4. The van der Waals surface area contributed by atoms with Gasteiger partial charge in [0.25, 0.3) is 11.5 Å². The number of methoxy groups -OCH3 is 1. The van der Waals surface area contributed by atoms with E-state index in [1.807, 2.05) is 73.7 Å². The molecule has 35 heavy (non-hydrogen) atoms. The lowest BCUT2D eigenvalue weighted by molar-refractivity contribution is -0.118. The molecule has 0 atom stereocenters. The van der Waals surface area contributed by atoms with Crippen LogP contribution in [0.4, 0.5) is 0 Å². The molecule has 0 bridgehead atoms. The minimum absolute atomic E-state index is 0.0459. The molecule has 176 valence electrons. The second-order valence-corrected chi connectivity index (χ2v) is 8.48. The number of para-hydroxylation sites is 3. The minimum Gasteiger partial charge on any atom is -0.496 e. The Morgan fingerprint density at radius 1 is 1.09 bits per heavy atom. The third-order valence-electron chi connectivity index (χ3n) is 5.20. The zero-order valence-corrected chi connectivity index (χ0v) is 20.2. The van der Waals surface area contributed by atoms with Crippen molar-refractivity contribution in [2.24, 2.45) is 5.10 Å². The number of aryl methyl sites for hydroxylation is 1. The van der Waals surface area contributed by atoms with Crippen LogP contribution in [0.25, 0.3) is 22.7 Å². The number of hydrogen-bond donors (Lipinski definition) is 1. The van der Waals surface area contributed by atoms with Gasteiger partial charge >= 0.3 is 0 Å². The van der Waals surface area contributed by atoms with E-state index in [-0.39, 0.29) is 17.2 Å². The van der Waals surface area contributed by atoms with Crippen molar-refractivity contribution in [3.8, 4) is 11.4 Å². The highest BCUT2D eigenvalue weighted by atomic mass is 32.2. The fourth-order valence-corrected chi connectivity index (χ4v) is 4.30. The predicted octanol–water partition coefficient (Wildman–Crippen LogP) is 4.61. The van der Waals surface area contributed by atoms with E-state index >= 15 is 0 Å². The lowest BCUT2D eigenvalue weighted by Crippen LogP contribution is -2.24. The molecule has 1 N–H and O–H groups in total. The summed E-state index contributed by atoms with van der Waals surface area (Å²) in [6, 6.07) is 22.4. The number of amides is 1. The largest absolute Gasteiger partial charge is 0.496 e. The fraction of sp³-hybridized carbons (Fsp3) is 0.111. The molecule has 1 aromatic heterocycles. The Bertz CT molecular complexity index is 1480. The lowest BCUT2D eigenvalue weighted by atomic mass is 10.2. The van der Waals surface area contributed by atoms with Gasteiger partial charge in [-0.3, -0.25) is 14.2 Å². The summed E-state index contributed by atoms with van der Waals surface area (Å²) in [5.41, 5.74) is 5.49. The Labute approximate surface area is 207 Å². The number of hydrogen-bond acceptors (Lipinski definition) is 6. The average Bonchev–Trinajstić information content (AvgIpc) is 2.88. The molecule has 4 rings (SSSR count). The molecule has 0 aliphatic carbocycles. The number of hydrazone groups is 1. The highest BCUT2D eigenvalue weighted by molar-refractivity contribution is 7.99. The van der Waals surface area contributed by atoms with Gasteiger partial charge in [0.15, 0.2) is 5.16 Å². The van der Waals surface area contributed by atoms with Gasteiger partial charge in [0, 0.05) is 11.8 Å². The maximum absolute atomic E-state index is 13.3. The zero-order chi connectivity index (χ0) is 24.6. The number of ether oxygens (including phenoxy) is 1. The molecule has 8 heteroatoms. The summed E-state index contributed by atoms with van der Waals surface area (Å²) < 4.78 is 6.86. The SMILES string of the molecule is COc1ccccc1/C=C\C=N\NC(=O)CSc1nc2ccccc2c(=O)n1-c1ccccc1C. The summed E-state index contributed by atoms with van der Waals surface area (Å²) in [6.07, 6.45) is 5.04. The smallest absolute Gasteiger partial charge is 0.266 e. The van der Waals surface area contributed by atoms with E-state index in [4.69, 9.17) is 4.74 Å². The standard InChI is InChI=1S/C27H24N4O3S/c1-19-10-3-7-15-23(19)31-26(33)21-13-5-6-14-22(21)29-27(31)35-18-25(32)30-28-17-9-12-20-11-4-8-16-24(20)34-2/h3-17H,18H2,1-2H3,(H,30,32)/b12-9-,28-17+. The van der Waals surface area contributed by atoms with Crippen LogP contribution in [0.1, 0.15) is 11.1 Å². The maximum atomic E-state index is 13.3. The van der Waals surface area contributed by atoms with Gasteiger partial charge in [-0.25, -0.2) is 10.4 Å². The van der Waals surface area contributed by atoms with Crippen LogP contribution in [-0.4, -0.2) is 34.5 Å². The van der Waals surface area contributed by atoms with Gasteiger partial charge in [-0.15, -0.1) is 0 Å². The van der Waals surface area contributed by atoms with Gasteiger partial charge < -0.3 is 4.74 Å². The van der Waals surface area contributed by atoms with Gasteiger partial charge in [0.05, 0.1) is 29.5 Å². The molecule has 0 aliphatic heterocycles. The topological polar surface area (TPSA) is 85.6 Å². The summed E-state index contributed by atoms with van der Waals surface area (Å²) in [5.74, 6) is 0.486. The second-order valence-electron chi connectivity index (χ2n) is 7.54. The van der Waals surface area contributed by atoms with Crippen LogP contribution < -0.4 is 15.7 Å². The lowest BCUT2D eigenvalue weighted by Gasteiger charge is -2.14.